The smallest absolute Gasteiger partial charge is 0.252 e. The number of hydrogen-bond donors (Lipinski definition) is 2. The van der Waals surface area contributed by atoms with Gasteiger partial charge in [-0.15, -0.1) is 11.3 Å². The van der Waals surface area contributed by atoms with Crippen molar-refractivity contribution < 1.29 is 14.3 Å². The van der Waals surface area contributed by atoms with E-state index in [0.29, 0.717) is 5.56 Å². The summed E-state index contributed by atoms with van der Waals surface area (Å²) < 4.78 is 5.32. The van der Waals surface area contributed by atoms with Gasteiger partial charge in [-0.2, -0.15) is 11.3 Å². The Bertz CT molecular complexity index is 701. The second-order valence-electron chi connectivity index (χ2n) is 4.45. The van der Waals surface area contributed by atoms with Crippen LogP contribution >= 0.6 is 22.7 Å². The molecule has 1 amide bonds. The van der Waals surface area contributed by atoms with Gasteiger partial charge in [0.1, 0.15) is 11.9 Å². The topological polar surface area (TPSA) is 62.5 Å². The van der Waals surface area contributed by atoms with Crippen LogP contribution in [0.1, 0.15) is 21.3 Å². The van der Waals surface area contributed by atoms with Crippen molar-refractivity contribution in [3.05, 3.63) is 57.1 Å². The molecule has 0 saturated heterocycles. The third kappa shape index (κ3) is 3.24. The molecule has 3 aromatic heterocycles. The maximum absolute atomic E-state index is 11.8. The molecule has 1 unspecified atom stereocenters. The van der Waals surface area contributed by atoms with Gasteiger partial charge >= 0.3 is 0 Å². The van der Waals surface area contributed by atoms with Crippen molar-refractivity contribution in [2.75, 3.05) is 6.54 Å². The van der Waals surface area contributed by atoms with E-state index < -0.39 is 6.10 Å². The Morgan fingerprint density at radius 3 is 3.00 bits per heavy atom. The maximum Gasteiger partial charge on any atom is 0.252 e. The van der Waals surface area contributed by atoms with Crippen LogP contribution in [0, 0.1) is 0 Å². The molecule has 0 aliphatic rings. The van der Waals surface area contributed by atoms with Crippen LogP contribution in [0.3, 0.4) is 0 Å². The Balaban J connectivity index is 1.61. The second-order valence-corrected chi connectivity index (χ2v) is 6.18. The molecule has 108 valence electrons. The van der Waals surface area contributed by atoms with E-state index >= 15 is 0 Å². The molecule has 0 saturated carbocycles. The zero-order chi connectivity index (χ0) is 14.7. The van der Waals surface area contributed by atoms with Crippen molar-refractivity contribution in [1.29, 1.82) is 0 Å². The van der Waals surface area contributed by atoms with E-state index in [0.717, 1.165) is 16.2 Å². The van der Waals surface area contributed by atoms with E-state index in [1.807, 2.05) is 29.0 Å². The number of carbonyl (C=O) groups excluding carboxylic acids is 1. The van der Waals surface area contributed by atoms with Gasteiger partial charge in [-0.3, -0.25) is 4.79 Å². The van der Waals surface area contributed by atoms with Gasteiger partial charge in [0, 0.05) is 33.3 Å². The van der Waals surface area contributed by atoms with E-state index in [9.17, 15) is 9.90 Å². The third-order valence-electron chi connectivity index (χ3n) is 2.99. The number of furan rings is 1. The number of aliphatic hydroxyl groups is 1. The summed E-state index contributed by atoms with van der Waals surface area (Å²) in [6, 6.07) is 7.33. The first kappa shape index (κ1) is 14.1. The van der Waals surface area contributed by atoms with E-state index in [4.69, 9.17) is 4.42 Å². The Morgan fingerprint density at radius 2 is 2.29 bits per heavy atom. The number of hydrogen-bond acceptors (Lipinski definition) is 5. The van der Waals surface area contributed by atoms with E-state index in [1.165, 1.54) is 22.7 Å². The summed E-state index contributed by atoms with van der Waals surface area (Å²) in [7, 11) is 0. The first-order chi connectivity index (χ1) is 10.2. The number of thiophene rings is 2. The average molecular weight is 319 g/mol. The van der Waals surface area contributed by atoms with Gasteiger partial charge in [0.15, 0.2) is 0 Å². The van der Waals surface area contributed by atoms with Crippen LogP contribution in [-0.2, 0) is 0 Å². The zero-order valence-electron chi connectivity index (χ0n) is 11.0. The summed E-state index contributed by atoms with van der Waals surface area (Å²) in [5.74, 6) is 0.602. The summed E-state index contributed by atoms with van der Waals surface area (Å²) in [5, 5.41) is 18.4. The Morgan fingerprint density at radius 1 is 1.38 bits per heavy atom. The molecule has 0 fully saturated rings. The molecule has 3 rings (SSSR count). The number of rotatable bonds is 5. The predicted molar refractivity (Wildman–Crippen MR) is 83.6 cm³/mol. The second kappa shape index (κ2) is 6.26. The number of carbonyl (C=O) groups is 1. The van der Waals surface area contributed by atoms with Crippen molar-refractivity contribution in [1.82, 2.24) is 5.32 Å². The standard InChI is InChI=1S/C15H13NO3S2/c17-12(7-16-15(18)10-3-5-20-8-10)14-6-11(9-21-14)13-2-1-4-19-13/h1-6,8-9,12,17H,7H2,(H,16,18). The number of nitrogens with one attached hydrogen (secondary N) is 1. The van der Waals surface area contributed by atoms with E-state index in [2.05, 4.69) is 5.32 Å². The van der Waals surface area contributed by atoms with Crippen LogP contribution in [0.25, 0.3) is 11.3 Å². The van der Waals surface area contributed by atoms with Crippen LogP contribution in [0.5, 0.6) is 0 Å². The van der Waals surface area contributed by atoms with Crippen molar-refractivity contribution in [3.8, 4) is 11.3 Å². The molecular formula is C15H13NO3S2. The Kier molecular flexibility index (Phi) is 4.19. The van der Waals surface area contributed by atoms with Crippen LogP contribution in [-0.4, -0.2) is 17.6 Å². The fourth-order valence-electron chi connectivity index (χ4n) is 1.89. The van der Waals surface area contributed by atoms with Gasteiger partial charge in [0.2, 0.25) is 0 Å². The van der Waals surface area contributed by atoms with Crippen molar-refractivity contribution in [2.45, 2.75) is 6.10 Å². The molecular weight excluding hydrogens is 306 g/mol. The summed E-state index contributed by atoms with van der Waals surface area (Å²) in [6.45, 7) is 0.187. The van der Waals surface area contributed by atoms with Crippen LogP contribution < -0.4 is 5.32 Å². The summed E-state index contributed by atoms with van der Waals surface area (Å²) in [5.41, 5.74) is 1.55. The first-order valence-electron chi connectivity index (χ1n) is 6.35. The zero-order valence-corrected chi connectivity index (χ0v) is 12.6. The SMILES string of the molecule is O=C(NCC(O)c1cc(-c2ccco2)cs1)c1ccsc1. The van der Waals surface area contributed by atoms with Gasteiger partial charge in [0.25, 0.3) is 5.91 Å². The highest BCUT2D eigenvalue weighted by molar-refractivity contribution is 7.10. The molecule has 1 atom stereocenters. The molecule has 4 nitrogen and oxygen atoms in total. The number of aliphatic hydroxyl groups excluding tert-OH is 1. The molecule has 0 spiro atoms. The van der Waals surface area contributed by atoms with Gasteiger partial charge in [0.05, 0.1) is 6.26 Å². The fourth-order valence-corrected chi connectivity index (χ4v) is 3.40. The third-order valence-corrected chi connectivity index (χ3v) is 4.71. The van der Waals surface area contributed by atoms with Crippen molar-refractivity contribution >= 4 is 28.6 Å². The summed E-state index contributed by atoms with van der Waals surface area (Å²) in [4.78, 5) is 12.6. The maximum atomic E-state index is 11.8. The highest BCUT2D eigenvalue weighted by Crippen LogP contribution is 2.29. The molecule has 0 aliphatic carbocycles. The lowest BCUT2D eigenvalue weighted by Crippen LogP contribution is -2.27. The predicted octanol–water partition coefficient (Wildman–Crippen LogP) is 3.53. The van der Waals surface area contributed by atoms with Crippen LogP contribution in [0.4, 0.5) is 0 Å². The van der Waals surface area contributed by atoms with Gasteiger partial charge < -0.3 is 14.8 Å². The lowest BCUT2D eigenvalue weighted by Gasteiger charge is -2.09. The minimum atomic E-state index is -0.721. The quantitative estimate of drug-likeness (QED) is 0.756. The molecule has 6 heteroatoms. The monoisotopic (exact) mass is 319 g/mol. The minimum absolute atomic E-state index is 0.168. The van der Waals surface area contributed by atoms with Crippen molar-refractivity contribution in [2.24, 2.45) is 0 Å². The largest absolute Gasteiger partial charge is 0.464 e. The molecule has 21 heavy (non-hydrogen) atoms. The number of amides is 1. The Hall–Kier alpha value is -1.89. The molecule has 3 aromatic rings. The van der Waals surface area contributed by atoms with Crippen LogP contribution in [0.15, 0.2) is 51.1 Å². The molecule has 0 aromatic carbocycles. The van der Waals surface area contributed by atoms with Gasteiger partial charge in [-0.05, 0) is 29.6 Å². The van der Waals surface area contributed by atoms with E-state index in [-0.39, 0.29) is 12.5 Å². The lowest BCUT2D eigenvalue weighted by atomic mass is 10.2. The molecule has 2 N–H and O–H groups in total. The Labute approximate surface area is 129 Å². The van der Waals surface area contributed by atoms with Crippen molar-refractivity contribution in [3.63, 3.8) is 0 Å². The van der Waals surface area contributed by atoms with E-state index in [1.54, 1.807) is 17.7 Å². The van der Waals surface area contributed by atoms with Crippen LogP contribution in [0.2, 0.25) is 0 Å². The fraction of sp³-hybridized carbons (Fsp3) is 0.133. The minimum Gasteiger partial charge on any atom is -0.464 e. The molecule has 0 aliphatic heterocycles. The molecule has 0 radical (unpaired) electrons. The van der Waals surface area contributed by atoms with Gasteiger partial charge in [-0.1, -0.05) is 0 Å². The average Bonchev–Trinajstić information content (AvgIpc) is 3.25. The highest BCUT2D eigenvalue weighted by atomic mass is 32.1. The lowest BCUT2D eigenvalue weighted by molar-refractivity contribution is 0.0918. The first-order valence-corrected chi connectivity index (χ1v) is 8.17. The normalized spacial score (nSPS) is 12.2. The van der Waals surface area contributed by atoms with Gasteiger partial charge in [-0.25, -0.2) is 0 Å². The summed E-state index contributed by atoms with van der Waals surface area (Å²) >= 11 is 2.91. The molecule has 3 heterocycles. The molecule has 0 bridgehead atoms. The highest BCUT2D eigenvalue weighted by Gasteiger charge is 2.14. The summed E-state index contributed by atoms with van der Waals surface area (Å²) in [6.07, 6.45) is 0.894.